The van der Waals surface area contributed by atoms with Gasteiger partial charge in [-0.25, -0.2) is 0 Å². The first-order valence-corrected chi connectivity index (χ1v) is 23.5. The van der Waals surface area contributed by atoms with Crippen LogP contribution in [0.25, 0.3) is 0 Å². The van der Waals surface area contributed by atoms with Crippen LogP contribution in [0.3, 0.4) is 0 Å². The van der Waals surface area contributed by atoms with Crippen molar-refractivity contribution in [3.63, 3.8) is 0 Å². The molecule has 12 heteroatoms. The number of aliphatic hydroxyl groups excluding tert-OH is 1. The third-order valence-corrected chi connectivity index (χ3v) is 18.0. The molecular formula is C46H50N4O7Si. The van der Waals surface area contributed by atoms with E-state index in [9.17, 15) is 19.5 Å². The molecule has 5 heterocycles. The van der Waals surface area contributed by atoms with Gasteiger partial charge in [-0.05, 0) is 71.1 Å². The smallest absolute Gasteiger partial charge is 0.264 e. The van der Waals surface area contributed by atoms with E-state index in [4.69, 9.17) is 9.47 Å². The molecule has 5 atom stereocenters. The van der Waals surface area contributed by atoms with Gasteiger partial charge in [-0.1, -0.05) is 73.7 Å². The van der Waals surface area contributed by atoms with Gasteiger partial charge in [0.2, 0.25) is 17.7 Å². The Bertz CT molecular complexity index is 2320. The zero-order valence-electron chi connectivity index (χ0n) is 33.5. The molecule has 4 amide bonds. The summed E-state index contributed by atoms with van der Waals surface area (Å²) < 4.78 is 12.9. The molecule has 0 aliphatic carbocycles. The molecule has 4 aromatic rings. The zero-order chi connectivity index (χ0) is 40.5. The molecular weight excluding hydrogens is 749 g/mol. The second-order valence-corrected chi connectivity index (χ2v) is 21.7. The van der Waals surface area contributed by atoms with Crippen molar-refractivity contribution in [3.8, 4) is 5.75 Å². The number of methoxy groups -OCH3 is 1. The van der Waals surface area contributed by atoms with Crippen molar-refractivity contribution in [2.75, 3.05) is 41.5 Å². The zero-order valence-corrected chi connectivity index (χ0v) is 34.5. The summed E-state index contributed by atoms with van der Waals surface area (Å²) in [6.07, 6.45) is 0.968. The van der Waals surface area contributed by atoms with E-state index < -0.39 is 19.8 Å². The number of carbonyl (C=O) groups is 4. The first-order chi connectivity index (χ1) is 27.9. The van der Waals surface area contributed by atoms with E-state index in [0.29, 0.717) is 50.1 Å². The van der Waals surface area contributed by atoms with Gasteiger partial charge >= 0.3 is 0 Å². The van der Waals surface area contributed by atoms with Crippen LogP contribution in [0.2, 0.25) is 18.6 Å². The third kappa shape index (κ3) is 6.06. The number of aliphatic hydroxyl groups is 1. The normalized spacial score (nSPS) is 25.2. The number of benzene rings is 4. The highest BCUT2D eigenvalue weighted by Gasteiger charge is 2.66. The molecule has 11 nitrogen and oxygen atoms in total. The van der Waals surface area contributed by atoms with E-state index in [1.54, 1.807) is 26.7 Å². The Labute approximate surface area is 340 Å². The Morgan fingerprint density at radius 2 is 1.57 bits per heavy atom. The largest absolute Gasteiger partial charge is 0.497 e. The molecule has 3 fully saturated rings. The standard InChI is InChI=1S/C46H50N4O7Si/c1-29-44(58(3,4)37-15-13-36(56-2)14-16-37)40(25-43(54)49-27-32-10-6-5-9-31(32)23-35(49)28-51)57-46(29)38-24-34(48-21-19-42(48)53)12-17-39(38)50(45(46)55)26-30-8-7-11-33(22-30)47-20-18-41(47)52/h5-17,22,24,29,35,40,44,51H,18-21,23,25-28H2,1-4H3/t29-,35+,40+,44-,46+/m1/s1. The minimum atomic E-state index is -2.59. The minimum absolute atomic E-state index is 0.0314. The lowest BCUT2D eigenvalue weighted by atomic mass is 9.82. The number of amides is 4. The first kappa shape index (κ1) is 38.2. The van der Waals surface area contributed by atoms with E-state index in [1.165, 1.54) is 0 Å². The van der Waals surface area contributed by atoms with Crippen molar-refractivity contribution >= 4 is 54.0 Å². The van der Waals surface area contributed by atoms with Crippen LogP contribution in [-0.2, 0) is 49.0 Å². The summed E-state index contributed by atoms with van der Waals surface area (Å²) in [6.45, 7) is 8.43. The van der Waals surface area contributed by atoms with Crippen LogP contribution < -0.4 is 24.6 Å². The number of fused-ring (bicyclic) bond motifs is 3. The second-order valence-electron chi connectivity index (χ2n) is 17.0. The van der Waals surface area contributed by atoms with Crippen LogP contribution >= 0.6 is 0 Å². The van der Waals surface area contributed by atoms with Crippen LogP contribution in [-0.4, -0.2) is 80.7 Å². The number of rotatable bonds is 10. The summed E-state index contributed by atoms with van der Waals surface area (Å²) in [5.41, 5.74) is 4.37. The topological polar surface area (TPSA) is 120 Å². The Kier molecular flexibility index (Phi) is 9.56. The Morgan fingerprint density at radius 1 is 0.879 bits per heavy atom. The fourth-order valence-electron chi connectivity index (χ4n) is 10.3. The summed E-state index contributed by atoms with van der Waals surface area (Å²) >= 11 is 0. The molecule has 0 radical (unpaired) electrons. The van der Waals surface area contributed by atoms with Gasteiger partial charge < -0.3 is 34.2 Å². The highest BCUT2D eigenvalue weighted by Crippen LogP contribution is 2.61. The lowest BCUT2D eigenvalue weighted by Gasteiger charge is -2.39. The van der Waals surface area contributed by atoms with Gasteiger partial charge in [0.1, 0.15) is 5.75 Å². The summed E-state index contributed by atoms with van der Waals surface area (Å²) in [4.78, 5) is 62.5. The summed E-state index contributed by atoms with van der Waals surface area (Å²) in [6, 6.07) is 29.4. The van der Waals surface area contributed by atoms with E-state index >= 15 is 4.79 Å². The number of hydrogen-bond donors (Lipinski definition) is 1. The number of ether oxygens (including phenoxy) is 2. The minimum Gasteiger partial charge on any atom is -0.497 e. The average Bonchev–Trinajstić information content (AvgIpc) is 3.64. The van der Waals surface area contributed by atoms with Crippen LogP contribution in [0, 0.1) is 5.92 Å². The van der Waals surface area contributed by atoms with Gasteiger partial charge in [0, 0.05) is 55.3 Å². The molecule has 3 saturated heterocycles. The number of hydrogen-bond acceptors (Lipinski definition) is 7. The van der Waals surface area contributed by atoms with Gasteiger partial charge in [-0.3, -0.25) is 19.2 Å². The number of β-lactam (4-membered cyclic amide) rings is 2. The van der Waals surface area contributed by atoms with Gasteiger partial charge in [-0.15, -0.1) is 0 Å². The number of nitrogens with zero attached hydrogens (tertiary/aromatic N) is 4. The van der Waals surface area contributed by atoms with Crippen LogP contribution in [0.4, 0.5) is 17.1 Å². The van der Waals surface area contributed by atoms with E-state index in [2.05, 4.69) is 38.2 Å². The first-order valence-electron chi connectivity index (χ1n) is 20.4. The highest BCUT2D eigenvalue weighted by atomic mass is 28.3. The Balaban J connectivity index is 1.13. The van der Waals surface area contributed by atoms with Crippen LogP contribution in [0.15, 0.2) is 91.0 Å². The van der Waals surface area contributed by atoms with Gasteiger partial charge in [0.15, 0.2) is 5.60 Å². The predicted molar refractivity (Wildman–Crippen MR) is 224 cm³/mol. The SMILES string of the molecule is COc1ccc([Si](C)(C)[C@H]2[C@H](CC(=O)N3Cc4ccccc4C[C@H]3CO)O[C@@]3(C(=O)N(Cc4cccc(N5CCC5=O)c4)c4ccc(N5CCC5=O)cc43)[C@@H]2C)cc1. The molecule has 5 aliphatic rings. The molecule has 0 bridgehead atoms. The van der Waals surface area contributed by atoms with E-state index in [-0.39, 0.29) is 60.7 Å². The van der Waals surface area contributed by atoms with Crippen molar-refractivity contribution in [2.45, 2.75) is 82.1 Å². The second kappa shape index (κ2) is 14.5. The van der Waals surface area contributed by atoms with E-state index in [0.717, 1.165) is 39.0 Å². The lowest BCUT2D eigenvalue weighted by Crippen LogP contribution is -2.52. The average molecular weight is 799 g/mol. The summed E-state index contributed by atoms with van der Waals surface area (Å²) in [5, 5.41) is 11.7. The van der Waals surface area contributed by atoms with Gasteiger partial charge in [-0.2, -0.15) is 0 Å². The molecule has 1 N–H and O–H groups in total. The number of carbonyl (C=O) groups excluding carboxylic acids is 4. The lowest BCUT2D eigenvalue weighted by molar-refractivity contribution is -0.151. The van der Waals surface area contributed by atoms with Crippen molar-refractivity contribution in [3.05, 3.63) is 113 Å². The molecule has 9 rings (SSSR count). The highest BCUT2D eigenvalue weighted by molar-refractivity contribution is 6.91. The maximum Gasteiger partial charge on any atom is 0.264 e. The maximum atomic E-state index is 15.6. The van der Waals surface area contributed by atoms with Crippen molar-refractivity contribution in [2.24, 2.45) is 5.92 Å². The molecule has 300 valence electrons. The van der Waals surface area contributed by atoms with Crippen molar-refractivity contribution < 1.29 is 33.8 Å². The number of anilines is 3. The molecule has 4 aromatic carbocycles. The molecule has 0 aromatic heterocycles. The summed E-state index contributed by atoms with van der Waals surface area (Å²) in [5.74, 6) is 0.171. The van der Waals surface area contributed by atoms with Gasteiger partial charge in [0.05, 0.1) is 52.6 Å². The molecule has 0 unspecified atom stereocenters. The Hall–Kier alpha value is -5.30. The van der Waals surface area contributed by atoms with Crippen molar-refractivity contribution in [1.82, 2.24) is 4.90 Å². The third-order valence-electron chi connectivity index (χ3n) is 13.7. The molecule has 5 aliphatic heterocycles. The fraction of sp³-hybridized carbons (Fsp3) is 0.391. The van der Waals surface area contributed by atoms with Crippen molar-refractivity contribution in [1.29, 1.82) is 0 Å². The summed E-state index contributed by atoms with van der Waals surface area (Å²) in [7, 11) is -0.943. The predicted octanol–water partition coefficient (Wildman–Crippen LogP) is 5.27. The maximum absolute atomic E-state index is 15.6. The fourth-order valence-corrected chi connectivity index (χ4v) is 14.4. The van der Waals surface area contributed by atoms with Gasteiger partial charge in [0.25, 0.3) is 5.91 Å². The van der Waals surface area contributed by atoms with Crippen LogP contribution in [0.5, 0.6) is 5.75 Å². The molecule has 1 spiro atoms. The Morgan fingerprint density at radius 3 is 2.21 bits per heavy atom. The monoisotopic (exact) mass is 798 g/mol. The van der Waals surface area contributed by atoms with E-state index in [1.807, 2.05) is 72.8 Å². The quantitative estimate of drug-likeness (QED) is 0.172. The molecule has 58 heavy (non-hydrogen) atoms. The van der Waals surface area contributed by atoms with Crippen LogP contribution in [0.1, 0.15) is 48.4 Å². The molecule has 0 saturated carbocycles.